The molecule has 0 amide bonds. The molecule has 0 bridgehead atoms. The van der Waals surface area contributed by atoms with Gasteiger partial charge in [-0.05, 0) is 25.7 Å². The summed E-state index contributed by atoms with van der Waals surface area (Å²) in [7, 11) is 0. The smallest absolute Gasteiger partial charge is 0.305 e. The SMILES string of the molecule is CCCC.CCCCCCOC(=O)CCCCCCCC(=O)[O-]. The van der Waals surface area contributed by atoms with Crippen molar-refractivity contribution in [1.82, 2.24) is 0 Å². The molecule has 23 heavy (non-hydrogen) atoms. The van der Waals surface area contributed by atoms with Gasteiger partial charge in [-0.15, -0.1) is 0 Å². The van der Waals surface area contributed by atoms with Crippen LogP contribution in [0.5, 0.6) is 0 Å². The van der Waals surface area contributed by atoms with E-state index < -0.39 is 5.97 Å². The first-order valence-electron chi connectivity index (χ1n) is 9.43. The van der Waals surface area contributed by atoms with Crippen LogP contribution in [0.1, 0.15) is 104 Å². The van der Waals surface area contributed by atoms with Crippen LogP contribution in [-0.4, -0.2) is 18.5 Å². The van der Waals surface area contributed by atoms with Crippen molar-refractivity contribution in [2.24, 2.45) is 0 Å². The molecule has 0 aliphatic heterocycles. The molecule has 4 heteroatoms. The number of unbranched alkanes of at least 4 members (excludes halogenated alkanes) is 8. The van der Waals surface area contributed by atoms with Gasteiger partial charge in [0.05, 0.1) is 6.61 Å². The quantitative estimate of drug-likeness (QED) is 0.350. The van der Waals surface area contributed by atoms with Gasteiger partial charge in [-0.1, -0.05) is 72.1 Å². The lowest BCUT2D eigenvalue weighted by atomic mass is 10.1. The van der Waals surface area contributed by atoms with Gasteiger partial charge in [-0.25, -0.2) is 0 Å². The van der Waals surface area contributed by atoms with Gasteiger partial charge in [0.15, 0.2) is 0 Å². The number of carboxylic acids is 1. The summed E-state index contributed by atoms with van der Waals surface area (Å²) in [5, 5.41) is 10.2. The lowest BCUT2D eigenvalue weighted by Crippen LogP contribution is -2.21. The van der Waals surface area contributed by atoms with E-state index in [0.29, 0.717) is 19.4 Å². The molecule has 0 radical (unpaired) electrons. The van der Waals surface area contributed by atoms with Gasteiger partial charge in [0.2, 0.25) is 0 Å². The maximum Gasteiger partial charge on any atom is 0.305 e. The molecule has 0 rings (SSSR count). The van der Waals surface area contributed by atoms with Crippen molar-refractivity contribution in [3.05, 3.63) is 0 Å². The summed E-state index contributed by atoms with van der Waals surface area (Å²) in [6.45, 7) is 7.06. The zero-order valence-corrected chi connectivity index (χ0v) is 15.5. The number of hydrogen-bond donors (Lipinski definition) is 0. The summed E-state index contributed by atoms with van der Waals surface area (Å²) in [6.07, 6.45) is 12.0. The fourth-order valence-electron chi connectivity index (χ4n) is 1.86. The van der Waals surface area contributed by atoms with E-state index in [0.717, 1.165) is 38.5 Å². The average molecular weight is 330 g/mol. The third-order valence-corrected chi connectivity index (χ3v) is 3.52. The summed E-state index contributed by atoms with van der Waals surface area (Å²) in [4.78, 5) is 21.5. The minimum Gasteiger partial charge on any atom is -0.550 e. The summed E-state index contributed by atoms with van der Waals surface area (Å²) < 4.78 is 5.12. The number of aliphatic carboxylic acids is 1. The molecule has 0 aliphatic rings. The second-order valence-electron chi connectivity index (χ2n) is 5.92. The van der Waals surface area contributed by atoms with E-state index in [1.54, 1.807) is 0 Å². The van der Waals surface area contributed by atoms with Crippen LogP contribution >= 0.6 is 0 Å². The summed E-state index contributed by atoms with van der Waals surface area (Å²) in [5.41, 5.74) is 0. The number of carbonyl (C=O) groups is 2. The molecule has 0 spiro atoms. The number of carbonyl (C=O) groups excluding carboxylic acids is 2. The van der Waals surface area contributed by atoms with Crippen LogP contribution in [-0.2, 0) is 14.3 Å². The van der Waals surface area contributed by atoms with E-state index in [4.69, 9.17) is 4.74 Å². The monoisotopic (exact) mass is 329 g/mol. The molecule has 0 fully saturated rings. The second-order valence-corrected chi connectivity index (χ2v) is 5.92. The Morgan fingerprint density at radius 3 is 1.74 bits per heavy atom. The van der Waals surface area contributed by atoms with Crippen LogP contribution in [0.3, 0.4) is 0 Å². The number of rotatable bonds is 14. The van der Waals surface area contributed by atoms with Gasteiger partial charge in [0, 0.05) is 12.4 Å². The Morgan fingerprint density at radius 2 is 1.22 bits per heavy atom. The molecule has 0 unspecified atom stereocenters. The molecule has 0 saturated carbocycles. The summed E-state index contributed by atoms with van der Waals surface area (Å²) >= 11 is 0. The molecule has 0 heterocycles. The summed E-state index contributed by atoms with van der Waals surface area (Å²) in [5.74, 6) is -1.09. The molecule has 0 aromatic heterocycles. The van der Waals surface area contributed by atoms with Crippen LogP contribution in [0.2, 0.25) is 0 Å². The molecule has 4 nitrogen and oxygen atoms in total. The van der Waals surface area contributed by atoms with Crippen molar-refractivity contribution < 1.29 is 19.4 Å². The minimum absolute atomic E-state index is 0.105. The predicted molar refractivity (Wildman–Crippen MR) is 93.0 cm³/mol. The maximum atomic E-state index is 11.3. The summed E-state index contributed by atoms with van der Waals surface area (Å²) in [6, 6.07) is 0. The highest BCUT2D eigenvalue weighted by atomic mass is 16.5. The van der Waals surface area contributed by atoms with Gasteiger partial charge in [-0.3, -0.25) is 4.79 Å². The first kappa shape index (κ1) is 24.2. The van der Waals surface area contributed by atoms with Crippen LogP contribution in [0.25, 0.3) is 0 Å². The Balaban J connectivity index is 0. The Morgan fingerprint density at radius 1 is 0.696 bits per heavy atom. The normalized spacial score (nSPS) is 9.87. The van der Waals surface area contributed by atoms with E-state index in [1.807, 2.05) is 0 Å². The van der Waals surface area contributed by atoms with E-state index in [9.17, 15) is 14.7 Å². The zero-order valence-electron chi connectivity index (χ0n) is 15.5. The molecule has 138 valence electrons. The van der Waals surface area contributed by atoms with E-state index >= 15 is 0 Å². The fourth-order valence-corrected chi connectivity index (χ4v) is 1.86. The molecule has 0 N–H and O–H groups in total. The van der Waals surface area contributed by atoms with Gasteiger partial charge >= 0.3 is 5.97 Å². The van der Waals surface area contributed by atoms with E-state index in [1.165, 1.54) is 25.7 Å². The van der Waals surface area contributed by atoms with Gasteiger partial charge in [-0.2, -0.15) is 0 Å². The third-order valence-electron chi connectivity index (χ3n) is 3.52. The van der Waals surface area contributed by atoms with Crippen LogP contribution < -0.4 is 5.11 Å². The molecule has 0 saturated heterocycles. The Hall–Kier alpha value is -1.06. The zero-order chi connectivity index (χ0) is 17.8. The van der Waals surface area contributed by atoms with Crippen molar-refractivity contribution in [1.29, 1.82) is 0 Å². The molecular formula is C19H37O4-. The van der Waals surface area contributed by atoms with Crippen molar-refractivity contribution in [3.8, 4) is 0 Å². The Labute approximate surface area is 143 Å². The van der Waals surface area contributed by atoms with Crippen molar-refractivity contribution in [2.45, 2.75) is 104 Å². The van der Waals surface area contributed by atoms with E-state index in [2.05, 4.69) is 20.8 Å². The van der Waals surface area contributed by atoms with Crippen LogP contribution in [0.4, 0.5) is 0 Å². The Bertz CT molecular complexity index is 262. The fraction of sp³-hybridized carbons (Fsp3) is 0.895. The topological polar surface area (TPSA) is 66.4 Å². The molecule has 0 aromatic carbocycles. The molecule has 0 aromatic rings. The standard InChI is InChI=1S/C15H28O4.C4H10/c1-2-3-4-10-13-19-15(18)12-9-7-5-6-8-11-14(16)17;1-3-4-2/h2-13H2,1H3,(H,16,17);3-4H2,1-2H3/p-1. The van der Waals surface area contributed by atoms with Gasteiger partial charge in [0.1, 0.15) is 0 Å². The molecule has 0 atom stereocenters. The highest BCUT2D eigenvalue weighted by molar-refractivity contribution is 5.69. The van der Waals surface area contributed by atoms with Crippen LogP contribution in [0.15, 0.2) is 0 Å². The highest BCUT2D eigenvalue weighted by Crippen LogP contribution is 2.08. The predicted octanol–water partition coefficient (Wildman–Crippen LogP) is 4.40. The first-order valence-corrected chi connectivity index (χ1v) is 9.43. The number of ether oxygens (including phenoxy) is 1. The number of hydrogen-bond acceptors (Lipinski definition) is 4. The highest BCUT2D eigenvalue weighted by Gasteiger charge is 2.02. The van der Waals surface area contributed by atoms with Gasteiger partial charge in [0.25, 0.3) is 0 Å². The van der Waals surface area contributed by atoms with E-state index in [-0.39, 0.29) is 12.4 Å². The van der Waals surface area contributed by atoms with Gasteiger partial charge < -0.3 is 14.6 Å². The minimum atomic E-state index is -0.980. The Kier molecular flexibility index (Phi) is 22.0. The van der Waals surface area contributed by atoms with Crippen molar-refractivity contribution in [3.63, 3.8) is 0 Å². The molecular weight excluding hydrogens is 292 g/mol. The lowest BCUT2D eigenvalue weighted by Gasteiger charge is -2.05. The second kappa shape index (κ2) is 20.9. The van der Waals surface area contributed by atoms with Crippen molar-refractivity contribution >= 4 is 11.9 Å². The number of carboxylic acid groups (broad SMARTS) is 1. The first-order chi connectivity index (χ1) is 11.1. The number of esters is 1. The van der Waals surface area contributed by atoms with Crippen LogP contribution in [0, 0.1) is 0 Å². The average Bonchev–Trinajstić information content (AvgIpc) is 2.53. The third kappa shape index (κ3) is 26.2. The lowest BCUT2D eigenvalue weighted by molar-refractivity contribution is -0.305. The largest absolute Gasteiger partial charge is 0.550 e. The van der Waals surface area contributed by atoms with Crippen molar-refractivity contribution in [2.75, 3.05) is 6.61 Å². The molecule has 0 aliphatic carbocycles. The maximum absolute atomic E-state index is 11.3.